The van der Waals surface area contributed by atoms with E-state index in [4.69, 9.17) is 9.47 Å². The zero-order chi connectivity index (χ0) is 14.2. The van der Waals surface area contributed by atoms with Crippen molar-refractivity contribution in [1.29, 1.82) is 0 Å². The molecular formula is C15H19N3O2. The van der Waals surface area contributed by atoms with E-state index in [1.807, 2.05) is 31.2 Å². The van der Waals surface area contributed by atoms with Crippen molar-refractivity contribution in [1.82, 2.24) is 9.97 Å². The quantitative estimate of drug-likeness (QED) is 0.786. The standard InChI is InChI=1S/C15H19N3O2/c1-3-16-15-14(17-8-9-18-15)12-6-4-5-7-13(12)20-11-10-19-2/h4-9H,3,10-11H2,1-2H3,(H,16,18). The first-order chi connectivity index (χ1) is 9.86. The number of aromatic nitrogens is 2. The van der Waals surface area contributed by atoms with Crippen LogP contribution in [0.25, 0.3) is 11.3 Å². The average molecular weight is 273 g/mol. The van der Waals surface area contributed by atoms with E-state index in [2.05, 4.69) is 15.3 Å². The van der Waals surface area contributed by atoms with E-state index in [-0.39, 0.29) is 0 Å². The fourth-order valence-electron chi connectivity index (χ4n) is 1.86. The molecule has 0 aliphatic heterocycles. The molecule has 0 radical (unpaired) electrons. The van der Waals surface area contributed by atoms with Crippen molar-refractivity contribution in [3.63, 3.8) is 0 Å². The normalized spacial score (nSPS) is 10.3. The molecule has 0 unspecified atom stereocenters. The maximum Gasteiger partial charge on any atom is 0.152 e. The molecule has 2 rings (SSSR count). The van der Waals surface area contributed by atoms with Gasteiger partial charge in [-0.15, -0.1) is 0 Å². The van der Waals surface area contributed by atoms with Crippen molar-refractivity contribution in [2.45, 2.75) is 6.92 Å². The first kappa shape index (κ1) is 14.3. The van der Waals surface area contributed by atoms with E-state index in [0.717, 1.165) is 29.4 Å². The number of para-hydroxylation sites is 1. The third-order valence-electron chi connectivity index (χ3n) is 2.73. The van der Waals surface area contributed by atoms with Gasteiger partial charge in [0.05, 0.1) is 6.61 Å². The Hall–Kier alpha value is -2.14. The van der Waals surface area contributed by atoms with E-state index >= 15 is 0 Å². The van der Waals surface area contributed by atoms with Gasteiger partial charge < -0.3 is 14.8 Å². The summed E-state index contributed by atoms with van der Waals surface area (Å²) in [4.78, 5) is 8.75. The maximum atomic E-state index is 5.74. The predicted molar refractivity (Wildman–Crippen MR) is 79.0 cm³/mol. The summed E-state index contributed by atoms with van der Waals surface area (Å²) in [6, 6.07) is 7.81. The third kappa shape index (κ3) is 3.45. The van der Waals surface area contributed by atoms with Gasteiger partial charge in [0, 0.05) is 31.6 Å². The minimum Gasteiger partial charge on any atom is -0.490 e. The molecular weight excluding hydrogens is 254 g/mol. The molecule has 0 aliphatic carbocycles. The highest BCUT2D eigenvalue weighted by Gasteiger charge is 2.12. The number of nitrogens with one attached hydrogen (secondary N) is 1. The predicted octanol–water partition coefficient (Wildman–Crippen LogP) is 2.60. The highest BCUT2D eigenvalue weighted by molar-refractivity contribution is 5.76. The molecule has 0 saturated carbocycles. The van der Waals surface area contributed by atoms with Crippen molar-refractivity contribution < 1.29 is 9.47 Å². The zero-order valence-electron chi connectivity index (χ0n) is 11.8. The van der Waals surface area contributed by atoms with Gasteiger partial charge >= 0.3 is 0 Å². The Morgan fingerprint density at radius 2 is 1.90 bits per heavy atom. The largest absolute Gasteiger partial charge is 0.490 e. The second kappa shape index (κ2) is 7.45. The smallest absolute Gasteiger partial charge is 0.152 e. The molecule has 20 heavy (non-hydrogen) atoms. The Labute approximate surface area is 119 Å². The minimum atomic E-state index is 0.504. The van der Waals surface area contributed by atoms with Crippen LogP contribution in [-0.2, 0) is 4.74 Å². The SMILES string of the molecule is CCNc1nccnc1-c1ccccc1OCCOC. The number of methoxy groups -OCH3 is 1. The Balaban J connectivity index is 2.32. The van der Waals surface area contributed by atoms with Crippen molar-refractivity contribution in [2.75, 3.05) is 32.2 Å². The Morgan fingerprint density at radius 3 is 2.70 bits per heavy atom. The van der Waals surface area contributed by atoms with Crippen LogP contribution in [-0.4, -0.2) is 36.8 Å². The fraction of sp³-hybridized carbons (Fsp3) is 0.333. The van der Waals surface area contributed by atoms with Gasteiger partial charge in [0.1, 0.15) is 18.1 Å². The van der Waals surface area contributed by atoms with Crippen LogP contribution in [0.3, 0.4) is 0 Å². The summed E-state index contributed by atoms with van der Waals surface area (Å²) >= 11 is 0. The monoisotopic (exact) mass is 273 g/mol. The van der Waals surface area contributed by atoms with Gasteiger partial charge in [-0.05, 0) is 19.1 Å². The van der Waals surface area contributed by atoms with Crippen LogP contribution in [0.4, 0.5) is 5.82 Å². The number of anilines is 1. The highest BCUT2D eigenvalue weighted by atomic mass is 16.5. The number of nitrogens with zero attached hydrogens (tertiary/aromatic N) is 2. The Bertz CT molecular complexity index is 546. The lowest BCUT2D eigenvalue weighted by Gasteiger charge is -2.13. The number of rotatable bonds is 7. The molecule has 0 bridgehead atoms. The van der Waals surface area contributed by atoms with Gasteiger partial charge in [-0.25, -0.2) is 4.98 Å². The Morgan fingerprint density at radius 1 is 1.10 bits per heavy atom. The van der Waals surface area contributed by atoms with Crippen LogP contribution in [0.5, 0.6) is 5.75 Å². The molecule has 0 saturated heterocycles. The van der Waals surface area contributed by atoms with E-state index in [1.165, 1.54) is 0 Å². The molecule has 1 heterocycles. The number of benzene rings is 1. The van der Waals surface area contributed by atoms with Gasteiger partial charge in [-0.1, -0.05) is 12.1 Å². The Kier molecular flexibility index (Phi) is 5.32. The van der Waals surface area contributed by atoms with Crippen molar-refractivity contribution in [3.8, 4) is 17.0 Å². The minimum absolute atomic E-state index is 0.504. The summed E-state index contributed by atoms with van der Waals surface area (Å²) in [5.41, 5.74) is 1.72. The van der Waals surface area contributed by atoms with Crippen LogP contribution in [0.15, 0.2) is 36.7 Å². The molecule has 0 aliphatic rings. The van der Waals surface area contributed by atoms with Gasteiger partial charge in [-0.3, -0.25) is 4.98 Å². The van der Waals surface area contributed by atoms with Gasteiger partial charge in [0.2, 0.25) is 0 Å². The first-order valence-electron chi connectivity index (χ1n) is 6.62. The molecule has 5 heteroatoms. The van der Waals surface area contributed by atoms with Crippen LogP contribution < -0.4 is 10.1 Å². The van der Waals surface area contributed by atoms with Crippen molar-refractivity contribution in [3.05, 3.63) is 36.7 Å². The maximum absolute atomic E-state index is 5.74. The molecule has 1 aromatic heterocycles. The molecule has 0 spiro atoms. The lowest BCUT2D eigenvalue weighted by molar-refractivity contribution is 0.146. The first-order valence-corrected chi connectivity index (χ1v) is 6.62. The molecule has 1 N–H and O–H groups in total. The second-order valence-corrected chi connectivity index (χ2v) is 4.12. The third-order valence-corrected chi connectivity index (χ3v) is 2.73. The lowest BCUT2D eigenvalue weighted by Crippen LogP contribution is -2.06. The van der Waals surface area contributed by atoms with Gasteiger partial charge in [-0.2, -0.15) is 0 Å². The molecule has 0 atom stereocenters. The van der Waals surface area contributed by atoms with Crippen molar-refractivity contribution in [2.24, 2.45) is 0 Å². The lowest BCUT2D eigenvalue weighted by atomic mass is 10.1. The number of hydrogen-bond acceptors (Lipinski definition) is 5. The molecule has 106 valence electrons. The van der Waals surface area contributed by atoms with Gasteiger partial charge in [0.15, 0.2) is 5.82 Å². The zero-order valence-corrected chi connectivity index (χ0v) is 11.8. The number of hydrogen-bond donors (Lipinski definition) is 1. The summed E-state index contributed by atoms with van der Waals surface area (Å²) < 4.78 is 10.8. The highest BCUT2D eigenvalue weighted by Crippen LogP contribution is 2.31. The summed E-state index contributed by atoms with van der Waals surface area (Å²) in [5.74, 6) is 1.54. The van der Waals surface area contributed by atoms with Crippen LogP contribution >= 0.6 is 0 Å². The van der Waals surface area contributed by atoms with Crippen LogP contribution in [0, 0.1) is 0 Å². The summed E-state index contributed by atoms with van der Waals surface area (Å²) in [6.07, 6.45) is 3.36. The topological polar surface area (TPSA) is 56.3 Å². The van der Waals surface area contributed by atoms with E-state index in [1.54, 1.807) is 19.5 Å². The molecule has 0 fully saturated rings. The van der Waals surface area contributed by atoms with Crippen LogP contribution in [0.1, 0.15) is 6.92 Å². The van der Waals surface area contributed by atoms with E-state index in [9.17, 15) is 0 Å². The molecule has 2 aromatic rings. The second-order valence-electron chi connectivity index (χ2n) is 4.12. The fourth-order valence-corrected chi connectivity index (χ4v) is 1.86. The molecule has 1 aromatic carbocycles. The van der Waals surface area contributed by atoms with Crippen molar-refractivity contribution >= 4 is 5.82 Å². The summed E-state index contributed by atoms with van der Waals surface area (Å²) in [6.45, 7) is 3.87. The van der Waals surface area contributed by atoms with Crippen LogP contribution in [0.2, 0.25) is 0 Å². The van der Waals surface area contributed by atoms with Gasteiger partial charge in [0.25, 0.3) is 0 Å². The van der Waals surface area contributed by atoms with E-state index < -0.39 is 0 Å². The molecule has 5 nitrogen and oxygen atoms in total. The molecule has 0 amide bonds. The summed E-state index contributed by atoms with van der Waals surface area (Å²) in [5, 5.41) is 3.22. The average Bonchev–Trinajstić information content (AvgIpc) is 2.49. The summed E-state index contributed by atoms with van der Waals surface area (Å²) in [7, 11) is 1.65. The number of ether oxygens (including phenoxy) is 2. The van der Waals surface area contributed by atoms with E-state index in [0.29, 0.717) is 13.2 Å².